The third-order valence-corrected chi connectivity index (χ3v) is 5.25. The summed E-state index contributed by atoms with van der Waals surface area (Å²) in [4.78, 5) is 13.5. The Hall–Kier alpha value is -2.01. The number of anilines is 1. The molecule has 5 rings (SSSR count). The number of hydrogen-bond donors (Lipinski definition) is 2. The van der Waals surface area contributed by atoms with Gasteiger partial charge in [-0.25, -0.2) is 0 Å². The normalized spacial score (nSPS) is 18.7. The molecule has 1 fully saturated rings. The van der Waals surface area contributed by atoms with Gasteiger partial charge in [-0.3, -0.25) is 4.79 Å². The number of fused-ring (bicyclic) bond motifs is 3. The second kappa shape index (κ2) is 4.74. The molecule has 0 amide bonds. The Morgan fingerprint density at radius 1 is 1.41 bits per heavy atom. The van der Waals surface area contributed by atoms with Crippen LogP contribution in [0.25, 0.3) is 10.9 Å². The zero-order valence-electron chi connectivity index (χ0n) is 12.7. The van der Waals surface area contributed by atoms with E-state index in [2.05, 4.69) is 22.6 Å². The van der Waals surface area contributed by atoms with Crippen molar-refractivity contribution in [3.63, 3.8) is 0 Å². The van der Waals surface area contributed by atoms with Gasteiger partial charge in [-0.15, -0.1) is 0 Å². The second-order valence-electron chi connectivity index (χ2n) is 6.51. The van der Waals surface area contributed by atoms with E-state index in [1.54, 1.807) is 0 Å². The molecule has 3 aliphatic heterocycles. The molecule has 1 aromatic carbocycles. The molecule has 3 N–H and O–H groups in total. The quantitative estimate of drug-likeness (QED) is 0.912. The first kappa shape index (κ1) is 13.6. The lowest BCUT2D eigenvalue weighted by Gasteiger charge is -2.41. The monoisotopic (exact) mass is 299 g/mol. The summed E-state index contributed by atoms with van der Waals surface area (Å²) >= 11 is 0. The SMILES string of the molecule is Cn1c2c(c3cccc(C(N)CC(=O)O)c31)C1CCN2CC1. The van der Waals surface area contributed by atoms with E-state index >= 15 is 0 Å². The molecular weight excluding hydrogens is 278 g/mol. The maximum absolute atomic E-state index is 11.0. The highest BCUT2D eigenvalue weighted by Crippen LogP contribution is 2.48. The van der Waals surface area contributed by atoms with Crippen LogP contribution in [0.2, 0.25) is 0 Å². The molecule has 5 heteroatoms. The maximum atomic E-state index is 11.0. The Kier molecular flexibility index (Phi) is 2.94. The highest BCUT2D eigenvalue weighted by Gasteiger charge is 2.36. The van der Waals surface area contributed by atoms with Gasteiger partial charge in [0.15, 0.2) is 0 Å². The van der Waals surface area contributed by atoms with E-state index in [-0.39, 0.29) is 6.42 Å². The van der Waals surface area contributed by atoms with E-state index < -0.39 is 12.0 Å². The summed E-state index contributed by atoms with van der Waals surface area (Å²) in [7, 11) is 2.08. The maximum Gasteiger partial charge on any atom is 0.305 e. The van der Waals surface area contributed by atoms with Crippen LogP contribution in [0, 0.1) is 0 Å². The smallest absolute Gasteiger partial charge is 0.305 e. The molecule has 0 radical (unpaired) electrons. The van der Waals surface area contributed by atoms with Crippen LogP contribution >= 0.6 is 0 Å². The lowest BCUT2D eigenvalue weighted by atomic mass is 9.84. The number of benzene rings is 1. The van der Waals surface area contributed by atoms with Crippen molar-refractivity contribution in [2.24, 2.45) is 12.8 Å². The number of carbonyl (C=O) groups is 1. The van der Waals surface area contributed by atoms with Gasteiger partial charge < -0.3 is 20.3 Å². The number of aryl methyl sites for hydroxylation is 1. The van der Waals surface area contributed by atoms with Gasteiger partial charge in [0.2, 0.25) is 0 Å². The van der Waals surface area contributed by atoms with Crippen molar-refractivity contribution in [2.75, 3.05) is 18.0 Å². The van der Waals surface area contributed by atoms with Crippen LogP contribution in [-0.4, -0.2) is 28.7 Å². The average Bonchev–Trinajstić information content (AvgIpc) is 2.84. The third kappa shape index (κ3) is 1.78. The van der Waals surface area contributed by atoms with E-state index in [0.29, 0.717) is 5.92 Å². The Labute approximate surface area is 129 Å². The van der Waals surface area contributed by atoms with E-state index in [1.165, 1.54) is 29.6 Å². The van der Waals surface area contributed by atoms with Crippen LogP contribution < -0.4 is 10.6 Å². The zero-order valence-corrected chi connectivity index (χ0v) is 12.7. The first-order valence-corrected chi connectivity index (χ1v) is 7.91. The zero-order chi connectivity index (χ0) is 15.4. The van der Waals surface area contributed by atoms with Gasteiger partial charge >= 0.3 is 5.97 Å². The van der Waals surface area contributed by atoms with Crippen molar-refractivity contribution in [3.8, 4) is 0 Å². The molecule has 0 aliphatic carbocycles. The summed E-state index contributed by atoms with van der Waals surface area (Å²) in [5.41, 5.74) is 9.66. The summed E-state index contributed by atoms with van der Waals surface area (Å²) < 4.78 is 2.23. The van der Waals surface area contributed by atoms with Crippen molar-refractivity contribution in [3.05, 3.63) is 29.3 Å². The van der Waals surface area contributed by atoms with Gasteiger partial charge in [0.25, 0.3) is 0 Å². The minimum absolute atomic E-state index is 0.0396. The molecule has 2 aromatic rings. The molecule has 0 saturated carbocycles. The van der Waals surface area contributed by atoms with Crippen molar-refractivity contribution >= 4 is 22.7 Å². The lowest BCUT2D eigenvalue weighted by Crippen LogP contribution is -2.39. The summed E-state index contributed by atoms with van der Waals surface area (Å²) in [6.07, 6.45) is 2.40. The molecule has 3 aliphatic rings. The minimum atomic E-state index is -0.854. The average molecular weight is 299 g/mol. The Balaban J connectivity index is 1.95. The molecule has 1 saturated heterocycles. The number of para-hydroxylation sites is 1. The summed E-state index contributed by atoms with van der Waals surface area (Å²) in [5.74, 6) is 1.09. The number of carboxylic acids is 1. The predicted octanol–water partition coefficient (Wildman–Crippen LogP) is 2.35. The number of hydrogen-bond acceptors (Lipinski definition) is 3. The van der Waals surface area contributed by atoms with Crippen LogP contribution in [0.1, 0.15) is 42.3 Å². The first-order valence-electron chi connectivity index (χ1n) is 7.91. The van der Waals surface area contributed by atoms with Crippen molar-refractivity contribution in [2.45, 2.75) is 31.2 Å². The largest absolute Gasteiger partial charge is 0.481 e. The third-order valence-electron chi connectivity index (χ3n) is 5.25. The number of aromatic nitrogens is 1. The molecule has 4 heterocycles. The highest BCUT2D eigenvalue weighted by atomic mass is 16.4. The van der Waals surface area contributed by atoms with Gasteiger partial charge in [-0.1, -0.05) is 18.2 Å². The van der Waals surface area contributed by atoms with E-state index in [9.17, 15) is 4.79 Å². The number of nitrogens with zero attached hydrogens (tertiary/aromatic N) is 2. The number of rotatable bonds is 3. The summed E-state index contributed by atoms with van der Waals surface area (Å²) in [5, 5.41) is 10.3. The number of aliphatic carboxylic acids is 1. The van der Waals surface area contributed by atoms with E-state index in [0.717, 1.165) is 24.2 Å². The summed E-state index contributed by atoms with van der Waals surface area (Å²) in [6, 6.07) is 5.67. The minimum Gasteiger partial charge on any atom is -0.481 e. The van der Waals surface area contributed by atoms with Crippen molar-refractivity contribution in [1.29, 1.82) is 0 Å². The van der Waals surface area contributed by atoms with E-state index in [4.69, 9.17) is 10.8 Å². The van der Waals surface area contributed by atoms with Crippen LogP contribution in [-0.2, 0) is 11.8 Å². The first-order chi connectivity index (χ1) is 10.6. The van der Waals surface area contributed by atoms with E-state index in [1.807, 2.05) is 12.1 Å². The second-order valence-corrected chi connectivity index (χ2v) is 6.51. The topological polar surface area (TPSA) is 71.5 Å². The molecule has 1 atom stereocenters. The number of piperidine rings is 1. The van der Waals surface area contributed by atoms with Gasteiger partial charge in [0, 0.05) is 37.1 Å². The van der Waals surface area contributed by atoms with Crippen LogP contribution in [0.5, 0.6) is 0 Å². The standard InChI is InChI=1S/C17H21N3O2/c1-19-16-11(13(18)9-14(21)22)3-2-4-12(16)15-10-5-7-20(8-6-10)17(15)19/h2-4,10,13H,5-9,18H2,1H3,(H,21,22). The van der Waals surface area contributed by atoms with Gasteiger partial charge in [0.05, 0.1) is 11.9 Å². The molecule has 22 heavy (non-hydrogen) atoms. The van der Waals surface area contributed by atoms with Crippen molar-refractivity contribution in [1.82, 2.24) is 4.57 Å². The fourth-order valence-electron chi connectivity index (χ4n) is 4.32. The molecule has 1 unspecified atom stereocenters. The fraction of sp³-hybridized carbons (Fsp3) is 0.471. The molecule has 1 aromatic heterocycles. The molecule has 0 spiro atoms. The number of carboxylic acid groups (broad SMARTS) is 1. The Morgan fingerprint density at radius 2 is 2.14 bits per heavy atom. The molecular formula is C17H21N3O2. The van der Waals surface area contributed by atoms with Crippen LogP contribution in [0.3, 0.4) is 0 Å². The van der Waals surface area contributed by atoms with Crippen LogP contribution in [0.15, 0.2) is 18.2 Å². The predicted molar refractivity (Wildman–Crippen MR) is 86.3 cm³/mol. The lowest BCUT2D eigenvalue weighted by molar-refractivity contribution is -0.137. The summed E-state index contributed by atoms with van der Waals surface area (Å²) in [6.45, 7) is 2.25. The van der Waals surface area contributed by atoms with Crippen LogP contribution in [0.4, 0.5) is 5.82 Å². The van der Waals surface area contributed by atoms with Gasteiger partial charge in [0.1, 0.15) is 5.82 Å². The van der Waals surface area contributed by atoms with Gasteiger partial charge in [-0.2, -0.15) is 0 Å². The highest BCUT2D eigenvalue weighted by molar-refractivity contribution is 5.94. The fourth-order valence-corrected chi connectivity index (χ4v) is 4.32. The van der Waals surface area contributed by atoms with Gasteiger partial charge in [-0.05, 0) is 24.3 Å². The molecule has 2 bridgehead atoms. The van der Waals surface area contributed by atoms with Crippen molar-refractivity contribution < 1.29 is 9.90 Å². The number of nitrogens with two attached hydrogens (primary N) is 1. The molecule has 116 valence electrons. The Morgan fingerprint density at radius 3 is 2.82 bits per heavy atom. The molecule has 5 nitrogen and oxygen atoms in total. The Bertz CT molecular complexity index is 757.